The minimum Gasteiger partial charge on any atom is -0.756 e. The maximum Gasteiger partial charge on any atom is 0.306 e. The van der Waals surface area contributed by atoms with Gasteiger partial charge in [-0.3, -0.25) is 14.2 Å². The van der Waals surface area contributed by atoms with Gasteiger partial charge in [-0.1, -0.05) is 164 Å². The number of nitrogens with zero attached hydrogens (tertiary/aromatic N) is 1. The van der Waals surface area contributed by atoms with Crippen molar-refractivity contribution in [2.75, 3.05) is 47.5 Å². The van der Waals surface area contributed by atoms with Crippen molar-refractivity contribution in [3.8, 4) is 0 Å². The SMILES string of the molecule is CC/C=C\C/C=C\C/C=C\C/C=C\CCCCCCCCC(=O)OC(COC(=O)CCCCCCCCC/C=C\C/C=C\CCCCCC)COP(=O)([O-])OCC[N+](C)(C)C. The van der Waals surface area contributed by atoms with Crippen LogP contribution in [0.5, 0.6) is 0 Å². The van der Waals surface area contributed by atoms with E-state index in [9.17, 15) is 19.0 Å². The van der Waals surface area contributed by atoms with Crippen LogP contribution in [0.25, 0.3) is 0 Å². The van der Waals surface area contributed by atoms with Crippen LogP contribution in [0, 0.1) is 0 Å². The van der Waals surface area contributed by atoms with Gasteiger partial charge in [0.2, 0.25) is 0 Å². The van der Waals surface area contributed by atoms with E-state index in [4.69, 9.17) is 18.5 Å². The first kappa shape index (κ1) is 58.5. The van der Waals surface area contributed by atoms with Gasteiger partial charge < -0.3 is 27.9 Å². The molecule has 0 aromatic heterocycles. The Hall–Kier alpha value is -2.55. The van der Waals surface area contributed by atoms with Crippen molar-refractivity contribution < 1.29 is 42.1 Å². The quantitative estimate of drug-likeness (QED) is 0.0196. The Bertz CT molecular complexity index is 1270. The molecule has 0 saturated carbocycles. The number of likely N-dealkylation sites (N-methyl/N-ethyl adjacent to an activating group) is 1. The number of carbonyl (C=O) groups is 2. The van der Waals surface area contributed by atoms with Crippen molar-refractivity contribution in [1.82, 2.24) is 0 Å². The fraction of sp³-hybridized carbons (Fsp3) is 0.725. The lowest BCUT2D eigenvalue weighted by Gasteiger charge is -2.28. The van der Waals surface area contributed by atoms with E-state index in [2.05, 4.69) is 86.8 Å². The van der Waals surface area contributed by atoms with Crippen LogP contribution in [-0.2, 0) is 32.7 Å². The van der Waals surface area contributed by atoms with Gasteiger partial charge in [-0.05, 0) is 83.5 Å². The van der Waals surface area contributed by atoms with E-state index in [1.165, 1.54) is 51.4 Å². The maximum atomic E-state index is 12.7. The molecule has 0 fully saturated rings. The van der Waals surface area contributed by atoms with Crippen molar-refractivity contribution in [2.24, 2.45) is 0 Å². The molecule has 0 amide bonds. The molecule has 2 atom stereocenters. The smallest absolute Gasteiger partial charge is 0.306 e. The molecule has 2 unspecified atom stereocenters. The molecule has 0 aliphatic carbocycles. The molecule has 10 heteroatoms. The van der Waals surface area contributed by atoms with Gasteiger partial charge in [-0.25, -0.2) is 0 Å². The molecule has 0 aliphatic heterocycles. The Kier molecular flexibility index (Phi) is 40.9. The van der Waals surface area contributed by atoms with Crippen molar-refractivity contribution in [1.29, 1.82) is 0 Å². The molecule has 9 nitrogen and oxygen atoms in total. The number of esters is 2. The molecule has 0 N–H and O–H groups in total. The minimum absolute atomic E-state index is 0.0388. The van der Waals surface area contributed by atoms with Crippen LogP contribution in [0.3, 0.4) is 0 Å². The average molecular weight is 876 g/mol. The maximum absolute atomic E-state index is 12.7. The molecule has 352 valence electrons. The molecule has 61 heavy (non-hydrogen) atoms. The summed E-state index contributed by atoms with van der Waals surface area (Å²) in [6.45, 7) is 4.07. The standard InChI is InChI=1S/C51H90NO8P/c1-6-8-10-12-14-16-18-20-22-24-26-28-30-32-34-36-38-40-42-44-51(54)60-49(48-59-61(55,56)58-46-45-52(3,4)5)47-57-50(53)43-41-39-37-35-33-31-29-27-25-23-21-19-17-15-13-11-9-7-2/h8,10,14,16-17,19-20,22-23,25-26,28,49H,6-7,9,11-13,15,18,21,24,27,29-48H2,1-5H3/b10-8-,16-14-,19-17-,22-20-,25-23-,28-26-. The number of phosphoric acid groups is 1. The van der Waals surface area contributed by atoms with E-state index in [1.54, 1.807) is 0 Å². The predicted octanol–water partition coefficient (Wildman–Crippen LogP) is 13.6. The van der Waals surface area contributed by atoms with E-state index < -0.39 is 32.5 Å². The summed E-state index contributed by atoms with van der Waals surface area (Å²) in [6.07, 6.45) is 53.5. The van der Waals surface area contributed by atoms with Crippen LogP contribution in [0.2, 0.25) is 0 Å². The number of carbonyl (C=O) groups excluding carboxylic acids is 2. The second-order valence-electron chi connectivity index (χ2n) is 17.1. The number of hydrogen-bond donors (Lipinski definition) is 0. The summed E-state index contributed by atoms with van der Waals surface area (Å²) in [6, 6.07) is 0. The Morgan fingerprint density at radius 3 is 1.39 bits per heavy atom. The molecule has 0 rings (SSSR count). The van der Waals surface area contributed by atoms with Gasteiger partial charge in [0.1, 0.15) is 19.8 Å². The summed E-state index contributed by atoms with van der Waals surface area (Å²) in [5, 5.41) is 0. The number of unbranched alkanes of at least 4 members (excludes halogenated alkanes) is 17. The first-order valence-electron chi connectivity index (χ1n) is 24.1. The van der Waals surface area contributed by atoms with E-state index in [-0.39, 0.29) is 26.1 Å². The molecule has 0 aliphatic rings. The van der Waals surface area contributed by atoms with Gasteiger partial charge in [-0.2, -0.15) is 0 Å². The number of phosphoric ester groups is 1. The number of rotatable bonds is 43. The fourth-order valence-electron chi connectivity index (χ4n) is 6.20. The number of hydrogen-bond acceptors (Lipinski definition) is 8. The molecule has 0 heterocycles. The highest BCUT2D eigenvalue weighted by atomic mass is 31.2. The normalized spacial score (nSPS) is 14.1. The van der Waals surface area contributed by atoms with Crippen LogP contribution in [-0.4, -0.2) is 70.0 Å². The third-order valence-electron chi connectivity index (χ3n) is 9.96. The summed E-state index contributed by atoms with van der Waals surface area (Å²) < 4.78 is 34.0. The molecule has 0 spiro atoms. The van der Waals surface area contributed by atoms with Crippen LogP contribution >= 0.6 is 7.82 Å². The Morgan fingerprint density at radius 1 is 0.525 bits per heavy atom. The monoisotopic (exact) mass is 876 g/mol. The zero-order valence-corrected chi connectivity index (χ0v) is 40.5. The molecule has 0 saturated heterocycles. The lowest BCUT2D eigenvalue weighted by molar-refractivity contribution is -0.870. The zero-order valence-electron chi connectivity index (χ0n) is 39.6. The third-order valence-corrected chi connectivity index (χ3v) is 10.9. The van der Waals surface area contributed by atoms with Crippen LogP contribution < -0.4 is 4.89 Å². The topological polar surface area (TPSA) is 111 Å². The predicted molar refractivity (Wildman–Crippen MR) is 254 cm³/mol. The van der Waals surface area contributed by atoms with Gasteiger partial charge in [0, 0.05) is 12.8 Å². The highest BCUT2D eigenvalue weighted by Crippen LogP contribution is 2.38. The summed E-state index contributed by atoms with van der Waals surface area (Å²) in [5.74, 6) is -0.863. The van der Waals surface area contributed by atoms with Gasteiger partial charge in [-0.15, -0.1) is 0 Å². The van der Waals surface area contributed by atoms with Crippen LogP contribution in [0.1, 0.15) is 187 Å². The number of ether oxygens (including phenoxy) is 2. The summed E-state index contributed by atoms with van der Waals surface area (Å²) in [7, 11) is 1.14. The minimum atomic E-state index is -4.64. The first-order chi connectivity index (χ1) is 29.5. The highest BCUT2D eigenvalue weighted by Gasteiger charge is 2.21. The van der Waals surface area contributed by atoms with Crippen LogP contribution in [0.4, 0.5) is 0 Å². The first-order valence-corrected chi connectivity index (χ1v) is 25.6. The Labute approximate surface area is 374 Å². The molecule has 0 aromatic carbocycles. The lowest BCUT2D eigenvalue weighted by Crippen LogP contribution is -2.37. The van der Waals surface area contributed by atoms with Crippen molar-refractivity contribution in [3.05, 3.63) is 72.9 Å². The van der Waals surface area contributed by atoms with E-state index in [0.29, 0.717) is 17.4 Å². The van der Waals surface area contributed by atoms with E-state index >= 15 is 0 Å². The molecule has 0 aromatic rings. The number of allylic oxidation sites excluding steroid dienone is 12. The number of quaternary nitrogens is 1. The second-order valence-corrected chi connectivity index (χ2v) is 18.5. The summed E-state index contributed by atoms with van der Waals surface area (Å²) in [4.78, 5) is 37.7. The third kappa shape index (κ3) is 46.8. The highest BCUT2D eigenvalue weighted by molar-refractivity contribution is 7.45. The molecular formula is C51H90NO8P. The zero-order chi connectivity index (χ0) is 45.0. The Balaban J connectivity index is 4.35. The fourth-order valence-corrected chi connectivity index (χ4v) is 6.93. The Morgan fingerprint density at radius 2 is 0.934 bits per heavy atom. The average Bonchev–Trinajstić information content (AvgIpc) is 3.21. The van der Waals surface area contributed by atoms with Gasteiger partial charge in [0.15, 0.2) is 6.10 Å². The van der Waals surface area contributed by atoms with Crippen molar-refractivity contribution >= 4 is 19.8 Å². The largest absolute Gasteiger partial charge is 0.756 e. The summed E-state index contributed by atoms with van der Waals surface area (Å²) >= 11 is 0. The van der Waals surface area contributed by atoms with Crippen molar-refractivity contribution in [3.63, 3.8) is 0 Å². The van der Waals surface area contributed by atoms with Gasteiger partial charge in [0.05, 0.1) is 27.7 Å². The second kappa shape index (κ2) is 42.7. The molecule has 0 radical (unpaired) electrons. The van der Waals surface area contributed by atoms with E-state index in [0.717, 1.165) is 103 Å². The van der Waals surface area contributed by atoms with Gasteiger partial charge >= 0.3 is 11.9 Å². The summed E-state index contributed by atoms with van der Waals surface area (Å²) in [5.41, 5.74) is 0. The molecular weight excluding hydrogens is 786 g/mol. The van der Waals surface area contributed by atoms with E-state index in [1.807, 2.05) is 21.1 Å². The van der Waals surface area contributed by atoms with Gasteiger partial charge in [0.25, 0.3) is 7.82 Å². The molecule has 0 bridgehead atoms. The van der Waals surface area contributed by atoms with Crippen LogP contribution in [0.15, 0.2) is 72.9 Å². The lowest BCUT2D eigenvalue weighted by atomic mass is 10.1. The van der Waals surface area contributed by atoms with Crippen molar-refractivity contribution in [2.45, 2.75) is 193 Å².